The molecule has 0 radical (unpaired) electrons. The first-order valence-corrected chi connectivity index (χ1v) is 11.7. The molecule has 7 nitrogen and oxygen atoms in total. The minimum Gasteiger partial charge on any atom is -0.325 e. The van der Waals surface area contributed by atoms with Crippen molar-refractivity contribution in [1.29, 1.82) is 0 Å². The van der Waals surface area contributed by atoms with E-state index < -0.39 is 0 Å². The van der Waals surface area contributed by atoms with Crippen LogP contribution < -0.4 is 10.6 Å². The molecule has 1 aromatic heterocycles. The number of aryl methyl sites for hydroxylation is 1. The first kappa shape index (κ1) is 24.4. The second-order valence-corrected chi connectivity index (χ2v) is 8.91. The van der Waals surface area contributed by atoms with Gasteiger partial charge in [0.25, 0.3) is 0 Å². The number of thioether (sulfide) groups is 1. The lowest BCUT2D eigenvalue weighted by Gasteiger charge is -2.10. The van der Waals surface area contributed by atoms with E-state index in [1.807, 2.05) is 19.9 Å². The van der Waals surface area contributed by atoms with Crippen molar-refractivity contribution in [1.82, 2.24) is 14.8 Å². The Morgan fingerprint density at radius 3 is 2.53 bits per heavy atom. The van der Waals surface area contributed by atoms with E-state index in [2.05, 4.69) is 20.8 Å². The van der Waals surface area contributed by atoms with Crippen LogP contribution in [0.4, 0.5) is 11.4 Å². The van der Waals surface area contributed by atoms with Gasteiger partial charge in [-0.05, 0) is 43.7 Å². The molecule has 1 heterocycles. The van der Waals surface area contributed by atoms with Crippen LogP contribution in [0.3, 0.4) is 0 Å². The molecule has 0 unspecified atom stereocenters. The SMILES string of the molecule is CCn1c(CC(=O)Nc2cccc(Cl)c2Cl)nnc1SCC(=O)Nc1ccc(C)c(Cl)c1. The summed E-state index contributed by atoms with van der Waals surface area (Å²) in [6.07, 6.45) is -0.00168. The van der Waals surface area contributed by atoms with Gasteiger partial charge in [0.05, 0.1) is 27.9 Å². The number of hydrogen-bond acceptors (Lipinski definition) is 5. The first-order chi connectivity index (χ1) is 15.3. The minimum atomic E-state index is -0.304. The van der Waals surface area contributed by atoms with E-state index >= 15 is 0 Å². The number of halogens is 3. The van der Waals surface area contributed by atoms with E-state index in [1.165, 1.54) is 11.8 Å². The number of nitrogens with zero attached hydrogens (tertiary/aromatic N) is 3. The van der Waals surface area contributed by atoms with Gasteiger partial charge in [-0.25, -0.2) is 0 Å². The largest absolute Gasteiger partial charge is 0.325 e. The molecule has 0 saturated carbocycles. The lowest BCUT2D eigenvalue weighted by atomic mass is 10.2. The third-order valence-electron chi connectivity index (χ3n) is 4.44. The maximum atomic E-state index is 12.5. The number of benzene rings is 2. The number of aromatic nitrogens is 3. The van der Waals surface area contributed by atoms with Crippen LogP contribution >= 0.6 is 46.6 Å². The van der Waals surface area contributed by atoms with Gasteiger partial charge in [-0.15, -0.1) is 10.2 Å². The number of carbonyl (C=O) groups excluding carboxylic acids is 2. The van der Waals surface area contributed by atoms with E-state index in [1.54, 1.807) is 34.9 Å². The Bertz CT molecular complexity index is 1150. The van der Waals surface area contributed by atoms with Crippen molar-refractivity contribution in [3.63, 3.8) is 0 Å². The molecule has 168 valence electrons. The number of carbonyl (C=O) groups is 2. The fourth-order valence-electron chi connectivity index (χ4n) is 2.81. The van der Waals surface area contributed by atoms with Crippen LogP contribution in [-0.4, -0.2) is 32.3 Å². The monoisotopic (exact) mass is 511 g/mol. The predicted octanol–water partition coefficient (Wildman–Crippen LogP) is 5.48. The Hall–Kier alpha value is -2.26. The predicted molar refractivity (Wildman–Crippen MR) is 130 cm³/mol. The van der Waals surface area contributed by atoms with Crippen LogP contribution in [0.1, 0.15) is 18.3 Å². The summed E-state index contributed by atoms with van der Waals surface area (Å²) in [6, 6.07) is 10.3. The summed E-state index contributed by atoms with van der Waals surface area (Å²) in [5.41, 5.74) is 1.98. The van der Waals surface area contributed by atoms with Gasteiger partial charge in [0.1, 0.15) is 5.82 Å². The molecule has 3 aromatic rings. The molecule has 0 saturated heterocycles. The third-order valence-corrected chi connectivity index (χ3v) is 6.63. The average molecular weight is 513 g/mol. The van der Waals surface area contributed by atoms with Crippen LogP contribution in [0.5, 0.6) is 0 Å². The first-order valence-electron chi connectivity index (χ1n) is 9.63. The highest BCUT2D eigenvalue weighted by atomic mass is 35.5. The maximum absolute atomic E-state index is 12.5. The Kier molecular flexibility index (Phi) is 8.42. The van der Waals surface area contributed by atoms with Crippen molar-refractivity contribution in [3.8, 4) is 0 Å². The molecule has 11 heteroatoms. The summed E-state index contributed by atoms with van der Waals surface area (Å²) in [5, 5.41) is 15.5. The smallest absolute Gasteiger partial charge is 0.234 e. The van der Waals surface area contributed by atoms with Gasteiger partial charge >= 0.3 is 0 Å². The Labute approximate surface area is 204 Å². The highest BCUT2D eigenvalue weighted by Gasteiger charge is 2.17. The highest BCUT2D eigenvalue weighted by molar-refractivity contribution is 7.99. The summed E-state index contributed by atoms with van der Waals surface area (Å²) in [7, 11) is 0. The average Bonchev–Trinajstić information content (AvgIpc) is 3.13. The fraction of sp³-hybridized carbons (Fsp3) is 0.238. The van der Waals surface area contributed by atoms with E-state index in [0.717, 1.165) is 5.56 Å². The fourth-order valence-corrected chi connectivity index (χ4v) is 4.16. The molecule has 0 fully saturated rings. The topological polar surface area (TPSA) is 88.9 Å². The summed E-state index contributed by atoms with van der Waals surface area (Å²) in [5.74, 6) is 0.113. The van der Waals surface area contributed by atoms with Crippen molar-refractivity contribution in [3.05, 3.63) is 62.9 Å². The zero-order valence-corrected chi connectivity index (χ0v) is 20.4. The summed E-state index contributed by atoms with van der Waals surface area (Å²) >= 11 is 19.4. The van der Waals surface area contributed by atoms with E-state index in [0.29, 0.717) is 38.9 Å². The zero-order valence-electron chi connectivity index (χ0n) is 17.3. The van der Waals surface area contributed by atoms with Crippen LogP contribution in [-0.2, 0) is 22.6 Å². The van der Waals surface area contributed by atoms with Crippen LogP contribution in [0, 0.1) is 6.92 Å². The molecule has 2 aromatic carbocycles. The van der Waals surface area contributed by atoms with Gasteiger partial charge in [-0.3, -0.25) is 9.59 Å². The molecule has 0 aliphatic rings. The van der Waals surface area contributed by atoms with E-state index in [-0.39, 0.29) is 29.0 Å². The van der Waals surface area contributed by atoms with Crippen molar-refractivity contribution in [2.24, 2.45) is 0 Å². The van der Waals surface area contributed by atoms with Crippen molar-refractivity contribution >= 4 is 69.8 Å². The number of amides is 2. The lowest BCUT2D eigenvalue weighted by molar-refractivity contribution is -0.116. The normalized spacial score (nSPS) is 10.8. The van der Waals surface area contributed by atoms with Gasteiger partial charge in [-0.2, -0.15) is 0 Å². The molecule has 0 atom stereocenters. The number of anilines is 2. The zero-order chi connectivity index (χ0) is 23.3. The second kappa shape index (κ2) is 11.0. The van der Waals surface area contributed by atoms with Gasteiger partial charge in [0.15, 0.2) is 5.16 Å². The third kappa shape index (κ3) is 6.16. The minimum absolute atomic E-state index is 0.00168. The Balaban J connectivity index is 1.60. The molecule has 0 bridgehead atoms. The van der Waals surface area contributed by atoms with Crippen LogP contribution in [0.25, 0.3) is 0 Å². The van der Waals surface area contributed by atoms with Gasteiger partial charge < -0.3 is 15.2 Å². The number of hydrogen-bond donors (Lipinski definition) is 2. The molecule has 0 aliphatic carbocycles. The Morgan fingerprint density at radius 2 is 1.81 bits per heavy atom. The molecule has 0 aliphatic heterocycles. The second-order valence-electron chi connectivity index (χ2n) is 6.77. The summed E-state index contributed by atoms with van der Waals surface area (Å²) < 4.78 is 1.79. The number of nitrogens with one attached hydrogen (secondary N) is 2. The molecule has 3 rings (SSSR count). The standard InChI is InChI=1S/C21H20Cl3N5O2S/c1-3-29-17(10-18(30)26-16-6-4-5-14(22)20(16)24)27-28-21(29)32-11-19(31)25-13-8-7-12(2)15(23)9-13/h4-9H,3,10-11H2,1-2H3,(H,25,31)(H,26,30). The highest BCUT2D eigenvalue weighted by Crippen LogP contribution is 2.29. The molecule has 2 amide bonds. The molecule has 2 N–H and O–H groups in total. The van der Waals surface area contributed by atoms with Gasteiger partial charge in [0.2, 0.25) is 11.8 Å². The summed E-state index contributed by atoms with van der Waals surface area (Å²) in [6.45, 7) is 4.35. The van der Waals surface area contributed by atoms with E-state index in [9.17, 15) is 9.59 Å². The summed E-state index contributed by atoms with van der Waals surface area (Å²) in [4.78, 5) is 24.8. The maximum Gasteiger partial charge on any atom is 0.234 e. The molecule has 0 spiro atoms. The van der Waals surface area contributed by atoms with Gasteiger partial charge in [-0.1, -0.05) is 58.7 Å². The van der Waals surface area contributed by atoms with Crippen LogP contribution in [0.2, 0.25) is 15.1 Å². The van der Waals surface area contributed by atoms with Crippen molar-refractivity contribution in [2.45, 2.75) is 32.0 Å². The van der Waals surface area contributed by atoms with E-state index in [4.69, 9.17) is 34.8 Å². The van der Waals surface area contributed by atoms with Crippen molar-refractivity contribution in [2.75, 3.05) is 16.4 Å². The van der Waals surface area contributed by atoms with Crippen LogP contribution in [0.15, 0.2) is 41.6 Å². The van der Waals surface area contributed by atoms with Gasteiger partial charge in [0, 0.05) is 17.3 Å². The van der Waals surface area contributed by atoms with Crippen molar-refractivity contribution < 1.29 is 9.59 Å². The molecule has 32 heavy (non-hydrogen) atoms. The molecular weight excluding hydrogens is 493 g/mol. The number of rotatable bonds is 8. The lowest BCUT2D eigenvalue weighted by Crippen LogP contribution is -2.18. The Morgan fingerprint density at radius 1 is 1.03 bits per heavy atom. The molecular formula is C21H20Cl3N5O2S. The quantitative estimate of drug-likeness (QED) is 0.390.